The minimum atomic E-state index is 0.220. The maximum absolute atomic E-state index is 12.9. The molecule has 2 saturated heterocycles. The molecular formula is C33H42N4O3. The summed E-state index contributed by atoms with van der Waals surface area (Å²) in [4.78, 5) is 24.2. The molecule has 0 aliphatic carbocycles. The van der Waals surface area contributed by atoms with Crippen molar-refractivity contribution < 1.29 is 14.3 Å². The quantitative estimate of drug-likeness (QED) is 0.351. The van der Waals surface area contributed by atoms with Gasteiger partial charge in [0.25, 0.3) is 0 Å². The van der Waals surface area contributed by atoms with E-state index in [-0.39, 0.29) is 5.91 Å². The first-order valence-corrected chi connectivity index (χ1v) is 14.6. The third-order valence-corrected chi connectivity index (χ3v) is 8.08. The zero-order valence-corrected chi connectivity index (χ0v) is 23.7. The lowest BCUT2D eigenvalue weighted by atomic mass is 9.98. The van der Waals surface area contributed by atoms with Crippen LogP contribution < -0.4 is 9.47 Å². The van der Waals surface area contributed by atoms with Gasteiger partial charge in [-0.05, 0) is 60.2 Å². The molecule has 40 heavy (non-hydrogen) atoms. The van der Waals surface area contributed by atoms with E-state index in [1.807, 2.05) is 47.6 Å². The molecule has 2 aromatic carbocycles. The number of nitrogens with zero attached hydrogens (tertiary/aromatic N) is 4. The van der Waals surface area contributed by atoms with Crippen molar-refractivity contribution in [3.05, 3.63) is 89.7 Å². The number of likely N-dealkylation sites (tertiary alicyclic amines) is 1. The van der Waals surface area contributed by atoms with Crippen LogP contribution in [-0.4, -0.2) is 78.6 Å². The van der Waals surface area contributed by atoms with Crippen LogP contribution in [0.3, 0.4) is 0 Å². The minimum absolute atomic E-state index is 0.220. The van der Waals surface area contributed by atoms with Gasteiger partial charge in [0, 0.05) is 77.1 Å². The minimum Gasteiger partial charge on any atom is -0.496 e. The third-order valence-electron chi connectivity index (χ3n) is 8.08. The third kappa shape index (κ3) is 8.05. The molecule has 2 aliphatic heterocycles. The van der Waals surface area contributed by atoms with Crippen LogP contribution in [-0.2, 0) is 24.3 Å². The highest BCUT2D eigenvalue weighted by Gasteiger charge is 2.24. The molecule has 3 aromatic rings. The Labute approximate surface area is 238 Å². The van der Waals surface area contributed by atoms with E-state index in [9.17, 15) is 4.79 Å². The van der Waals surface area contributed by atoms with Gasteiger partial charge in [-0.25, -0.2) is 0 Å². The van der Waals surface area contributed by atoms with E-state index in [2.05, 4.69) is 45.1 Å². The van der Waals surface area contributed by atoms with Crippen LogP contribution in [0.2, 0.25) is 0 Å². The Morgan fingerprint density at radius 1 is 0.900 bits per heavy atom. The average molecular weight is 543 g/mol. The van der Waals surface area contributed by atoms with Gasteiger partial charge in [-0.2, -0.15) is 0 Å². The number of para-hydroxylation sites is 1. The molecule has 7 heteroatoms. The molecule has 5 rings (SSSR count). The molecule has 7 nitrogen and oxygen atoms in total. The van der Waals surface area contributed by atoms with Gasteiger partial charge in [-0.15, -0.1) is 0 Å². The van der Waals surface area contributed by atoms with Crippen molar-refractivity contribution in [3.8, 4) is 11.5 Å². The van der Waals surface area contributed by atoms with Crippen LogP contribution in [0.15, 0.2) is 73.1 Å². The van der Waals surface area contributed by atoms with E-state index in [1.165, 1.54) is 11.1 Å². The maximum Gasteiger partial charge on any atom is 0.222 e. The summed E-state index contributed by atoms with van der Waals surface area (Å²) in [7, 11) is 1.68. The average Bonchev–Trinajstić information content (AvgIpc) is 3.01. The molecule has 1 amide bonds. The number of piperidine rings is 1. The number of piperazine rings is 1. The number of aryl methyl sites for hydroxylation is 1. The largest absolute Gasteiger partial charge is 0.496 e. The van der Waals surface area contributed by atoms with Crippen LogP contribution in [0.5, 0.6) is 11.5 Å². The molecule has 1 atom stereocenters. The van der Waals surface area contributed by atoms with E-state index < -0.39 is 0 Å². The first-order chi connectivity index (χ1) is 19.7. The number of hydrogen-bond donors (Lipinski definition) is 0. The fourth-order valence-electron chi connectivity index (χ4n) is 5.76. The van der Waals surface area contributed by atoms with Crippen molar-refractivity contribution in [2.45, 2.75) is 38.8 Å². The van der Waals surface area contributed by atoms with Crippen molar-refractivity contribution in [2.75, 3.05) is 53.0 Å². The normalized spacial score (nSPS) is 18.4. The van der Waals surface area contributed by atoms with Crippen molar-refractivity contribution >= 4 is 5.91 Å². The number of pyridine rings is 1. The van der Waals surface area contributed by atoms with Gasteiger partial charge >= 0.3 is 0 Å². The second kappa shape index (κ2) is 14.3. The monoisotopic (exact) mass is 542 g/mol. The Hall–Kier alpha value is -3.42. The van der Waals surface area contributed by atoms with Crippen LogP contribution >= 0.6 is 0 Å². The summed E-state index contributed by atoms with van der Waals surface area (Å²) in [5.41, 5.74) is 3.68. The van der Waals surface area contributed by atoms with Crippen LogP contribution in [0.25, 0.3) is 0 Å². The Morgan fingerprint density at radius 2 is 1.65 bits per heavy atom. The Kier molecular flexibility index (Phi) is 10.0. The van der Waals surface area contributed by atoms with Crippen LogP contribution in [0, 0.1) is 5.92 Å². The Balaban J connectivity index is 1.02. The number of carbonyl (C=O) groups excluding carboxylic acids is 1. The Bertz CT molecular complexity index is 1200. The second-order valence-corrected chi connectivity index (χ2v) is 11.0. The smallest absolute Gasteiger partial charge is 0.222 e. The highest BCUT2D eigenvalue weighted by Crippen LogP contribution is 2.23. The van der Waals surface area contributed by atoms with E-state index in [4.69, 9.17) is 9.47 Å². The number of rotatable bonds is 11. The van der Waals surface area contributed by atoms with Gasteiger partial charge in [0.15, 0.2) is 0 Å². The summed E-state index contributed by atoms with van der Waals surface area (Å²) < 4.78 is 11.6. The van der Waals surface area contributed by atoms with Crippen molar-refractivity contribution in [1.29, 1.82) is 0 Å². The molecule has 2 fully saturated rings. The zero-order chi connectivity index (χ0) is 27.6. The standard InChI is InChI=1S/C33H42N4O3/c1-39-32-9-3-2-8-30(32)12-15-33(38)37-17-5-7-29(25-37)26-40-31-13-10-27(11-14-31)23-35-18-20-36(21-19-35)24-28-6-4-16-34-22-28/h2-4,6,8-11,13-14,16,22,29H,5,7,12,15,17-21,23-26H2,1H3/t29-/m0/s1. The number of methoxy groups -OCH3 is 1. The summed E-state index contributed by atoms with van der Waals surface area (Å²) in [6.07, 6.45) is 7.13. The predicted molar refractivity (Wildman–Crippen MR) is 157 cm³/mol. The number of hydrogen-bond acceptors (Lipinski definition) is 6. The lowest BCUT2D eigenvalue weighted by Crippen LogP contribution is -2.45. The zero-order valence-electron chi connectivity index (χ0n) is 23.7. The number of ether oxygens (including phenoxy) is 2. The molecule has 212 valence electrons. The fourth-order valence-corrected chi connectivity index (χ4v) is 5.76. The molecule has 1 aromatic heterocycles. The van der Waals surface area contributed by atoms with Gasteiger partial charge < -0.3 is 14.4 Å². The highest BCUT2D eigenvalue weighted by atomic mass is 16.5. The van der Waals surface area contributed by atoms with Gasteiger partial charge in [0.1, 0.15) is 11.5 Å². The first-order valence-electron chi connectivity index (χ1n) is 14.6. The molecule has 2 aliphatic rings. The first kappa shape index (κ1) is 28.1. The predicted octanol–water partition coefficient (Wildman–Crippen LogP) is 4.66. The van der Waals surface area contributed by atoms with Crippen molar-refractivity contribution in [3.63, 3.8) is 0 Å². The van der Waals surface area contributed by atoms with Gasteiger partial charge in [-0.3, -0.25) is 19.6 Å². The second-order valence-electron chi connectivity index (χ2n) is 11.0. The molecule has 0 radical (unpaired) electrons. The summed E-state index contributed by atoms with van der Waals surface area (Å²) in [5, 5.41) is 0. The number of benzene rings is 2. The van der Waals surface area contributed by atoms with Gasteiger partial charge in [-0.1, -0.05) is 36.4 Å². The number of carbonyl (C=O) groups is 1. The van der Waals surface area contributed by atoms with E-state index in [0.29, 0.717) is 25.4 Å². The molecule has 0 bridgehead atoms. The number of aromatic nitrogens is 1. The molecule has 0 unspecified atom stereocenters. The summed E-state index contributed by atoms with van der Waals surface area (Å²) >= 11 is 0. The molecular weight excluding hydrogens is 500 g/mol. The highest BCUT2D eigenvalue weighted by molar-refractivity contribution is 5.76. The van der Waals surface area contributed by atoms with Crippen molar-refractivity contribution in [2.24, 2.45) is 5.92 Å². The van der Waals surface area contributed by atoms with Crippen LogP contribution in [0.1, 0.15) is 36.0 Å². The number of amides is 1. The fraction of sp³-hybridized carbons (Fsp3) is 0.455. The topological polar surface area (TPSA) is 58.1 Å². The summed E-state index contributed by atoms with van der Waals surface area (Å²) in [6.45, 7) is 8.52. The van der Waals surface area contributed by atoms with Gasteiger partial charge in [0.05, 0.1) is 13.7 Å². The van der Waals surface area contributed by atoms with E-state index in [1.54, 1.807) is 7.11 Å². The van der Waals surface area contributed by atoms with E-state index >= 15 is 0 Å². The van der Waals surface area contributed by atoms with E-state index in [0.717, 1.165) is 82.3 Å². The Morgan fingerprint density at radius 3 is 2.38 bits per heavy atom. The maximum atomic E-state index is 12.9. The molecule has 0 saturated carbocycles. The van der Waals surface area contributed by atoms with Crippen molar-refractivity contribution in [1.82, 2.24) is 19.7 Å². The van der Waals surface area contributed by atoms with Crippen LogP contribution in [0.4, 0.5) is 0 Å². The summed E-state index contributed by atoms with van der Waals surface area (Å²) in [5.74, 6) is 2.35. The lowest BCUT2D eigenvalue weighted by Gasteiger charge is -2.34. The van der Waals surface area contributed by atoms with Gasteiger partial charge in [0.2, 0.25) is 5.91 Å². The molecule has 3 heterocycles. The SMILES string of the molecule is COc1ccccc1CCC(=O)N1CCC[C@H](COc2ccc(CN3CCN(Cc4cccnc4)CC3)cc2)C1. The molecule has 0 spiro atoms. The molecule has 0 N–H and O–H groups in total. The lowest BCUT2D eigenvalue weighted by molar-refractivity contribution is -0.133. The summed E-state index contributed by atoms with van der Waals surface area (Å²) in [6, 6.07) is 20.7.